The summed E-state index contributed by atoms with van der Waals surface area (Å²) in [4.78, 5) is 5.77. The first-order chi connectivity index (χ1) is 9.58. The van der Waals surface area contributed by atoms with Gasteiger partial charge in [0.15, 0.2) is 0 Å². The summed E-state index contributed by atoms with van der Waals surface area (Å²) in [6.45, 7) is 8.15. The predicted molar refractivity (Wildman–Crippen MR) is 89.4 cm³/mol. The zero-order chi connectivity index (χ0) is 14.5. The van der Waals surface area contributed by atoms with Crippen molar-refractivity contribution in [3.8, 4) is 0 Å². The van der Waals surface area contributed by atoms with E-state index in [4.69, 9.17) is 0 Å². The number of hydrogen-bond donors (Lipinski definition) is 1. The fourth-order valence-electron chi connectivity index (χ4n) is 1.98. The maximum atomic E-state index is 4.57. The van der Waals surface area contributed by atoms with Crippen LogP contribution in [0.5, 0.6) is 0 Å². The lowest BCUT2D eigenvalue weighted by Crippen LogP contribution is -2.11. The van der Waals surface area contributed by atoms with Crippen LogP contribution in [0.1, 0.15) is 23.7 Å². The smallest absolute Gasteiger partial charge is 0.101 e. The number of aromatic nitrogens is 1. The molecule has 0 saturated heterocycles. The molecule has 0 aliphatic carbocycles. The highest BCUT2D eigenvalue weighted by Crippen LogP contribution is 2.33. The van der Waals surface area contributed by atoms with Gasteiger partial charge >= 0.3 is 0 Å². The zero-order valence-corrected chi connectivity index (χ0v) is 14.4. The number of nitrogens with one attached hydrogen (secondary N) is 1. The Labute approximate surface area is 133 Å². The molecule has 106 valence electrons. The molecular weight excluding hydrogens is 332 g/mol. The first-order valence-electron chi connectivity index (χ1n) is 6.70. The van der Waals surface area contributed by atoms with Gasteiger partial charge in [-0.15, -0.1) is 0 Å². The lowest BCUT2D eigenvalue weighted by molar-refractivity contribution is 0.726. The van der Waals surface area contributed by atoms with E-state index in [0.717, 1.165) is 28.3 Å². The number of nitrogens with zero attached hydrogens (tertiary/aromatic N) is 1. The minimum atomic E-state index is 0.905. The summed E-state index contributed by atoms with van der Waals surface area (Å²) in [6, 6.07) is 10.7. The van der Waals surface area contributed by atoms with Gasteiger partial charge in [0.25, 0.3) is 0 Å². The van der Waals surface area contributed by atoms with Gasteiger partial charge in [0.2, 0.25) is 0 Å². The molecule has 1 aromatic carbocycles. The molecule has 1 N–H and O–H groups in total. The number of rotatable bonds is 5. The number of halogens is 1. The molecule has 0 fully saturated rings. The van der Waals surface area contributed by atoms with Crippen LogP contribution in [-0.2, 0) is 6.54 Å². The SMILES string of the molecule is CCNCc1ccc(Sc2cc(C)cc(C)n2)c(Br)c1. The van der Waals surface area contributed by atoms with Crippen molar-refractivity contribution in [3.05, 3.63) is 51.6 Å². The van der Waals surface area contributed by atoms with E-state index in [1.165, 1.54) is 16.0 Å². The Balaban J connectivity index is 2.16. The molecule has 0 radical (unpaired) electrons. The van der Waals surface area contributed by atoms with E-state index >= 15 is 0 Å². The van der Waals surface area contributed by atoms with Crippen LogP contribution in [0.25, 0.3) is 0 Å². The largest absolute Gasteiger partial charge is 0.313 e. The molecule has 2 rings (SSSR count). The van der Waals surface area contributed by atoms with Gasteiger partial charge in [-0.05, 0) is 71.7 Å². The monoisotopic (exact) mass is 350 g/mol. The van der Waals surface area contributed by atoms with Gasteiger partial charge in [0, 0.05) is 21.6 Å². The van der Waals surface area contributed by atoms with Crippen molar-refractivity contribution in [1.29, 1.82) is 0 Å². The van der Waals surface area contributed by atoms with Crippen LogP contribution in [0.3, 0.4) is 0 Å². The molecular formula is C16H19BrN2S. The number of benzene rings is 1. The van der Waals surface area contributed by atoms with E-state index in [9.17, 15) is 0 Å². The van der Waals surface area contributed by atoms with Gasteiger partial charge < -0.3 is 5.32 Å². The second-order valence-electron chi connectivity index (χ2n) is 4.77. The highest BCUT2D eigenvalue weighted by molar-refractivity contribution is 9.10. The molecule has 1 heterocycles. The Bertz CT molecular complexity index is 579. The van der Waals surface area contributed by atoms with Crippen LogP contribution in [0.15, 0.2) is 44.7 Å². The number of aryl methyl sites for hydroxylation is 2. The van der Waals surface area contributed by atoms with E-state index < -0.39 is 0 Å². The normalized spacial score (nSPS) is 10.8. The van der Waals surface area contributed by atoms with Crippen LogP contribution in [-0.4, -0.2) is 11.5 Å². The van der Waals surface area contributed by atoms with Gasteiger partial charge in [-0.2, -0.15) is 0 Å². The topological polar surface area (TPSA) is 24.9 Å². The van der Waals surface area contributed by atoms with Gasteiger partial charge in [-0.3, -0.25) is 0 Å². The molecule has 0 bridgehead atoms. The summed E-state index contributed by atoms with van der Waals surface area (Å²) in [7, 11) is 0. The summed E-state index contributed by atoms with van der Waals surface area (Å²) >= 11 is 5.35. The first kappa shape index (κ1) is 15.5. The maximum absolute atomic E-state index is 4.57. The second kappa shape index (κ2) is 7.25. The fraction of sp³-hybridized carbons (Fsp3) is 0.312. The van der Waals surface area contributed by atoms with Crippen molar-refractivity contribution in [3.63, 3.8) is 0 Å². The van der Waals surface area contributed by atoms with E-state index in [1.54, 1.807) is 11.8 Å². The van der Waals surface area contributed by atoms with E-state index in [2.05, 4.69) is 70.4 Å². The maximum Gasteiger partial charge on any atom is 0.101 e. The minimum absolute atomic E-state index is 0.905. The lowest BCUT2D eigenvalue weighted by atomic mass is 10.2. The van der Waals surface area contributed by atoms with Crippen molar-refractivity contribution in [2.75, 3.05) is 6.54 Å². The van der Waals surface area contributed by atoms with Crippen molar-refractivity contribution >= 4 is 27.7 Å². The van der Waals surface area contributed by atoms with Gasteiger partial charge in [0.05, 0.1) is 0 Å². The summed E-state index contributed by atoms with van der Waals surface area (Å²) < 4.78 is 1.12. The highest BCUT2D eigenvalue weighted by atomic mass is 79.9. The molecule has 2 nitrogen and oxygen atoms in total. The van der Waals surface area contributed by atoms with E-state index in [0.29, 0.717) is 0 Å². The Morgan fingerprint density at radius 3 is 2.65 bits per heavy atom. The molecule has 0 amide bonds. The Morgan fingerprint density at radius 2 is 2.00 bits per heavy atom. The van der Waals surface area contributed by atoms with Crippen LogP contribution in [0.4, 0.5) is 0 Å². The van der Waals surface area contributed by atoms with Crippen molar-refractivity contribution < 1.29 is 0 Å². The van der Waals surface area contributed by atoms with Gasteiger partial charge in [0.1, 0.15) is 5.03 Å². The lowest BCUT2D eigenvalue weighted by Gasteiger charge is -2.08. The molecule has 0 saturated carbocycles. The summed E-state index contributed by atoms with van der Waals surface area (Å²) in [5, 5.41) is 4.38. The molecule has 0 aliphatic rings. The van der Waals surface area contributed by atoms with Crippen LogP contribution in [0.2, 0.25) is 0 Å². The van der Waals surface area contributed by atoms with Crippen LogP contribution < -0.4 is 5.32 Å². The van der Waals surface area contributed by atoms with E-state index in [-0.39, 0.29) is 0 Å². The molecule has 4 heteroatoms. The average Bonchev–Trinajstić information content (AvgIpc) is 2.38. The van der Waals surface area contributed by atoms with E-state index in [1.807, 2.05) is 6.92 Å². The average molecular weight is 351 g/mol. The molecule has 0 aliphatic heterocycles. The summed E-state index contributed by atoms with van der Waals surface area (Å²) in [5.74, 6) is 0. The number of pyridine rings is 1. The van der Waals surface area contributed by atoms with Crippen LogP contribution >= 0.6 is 27.7 Å². The fourth-order valence-corrected chi connectivity index (χ4v) is 3.60. The molecule has 0 spiro atoms. The van der Waals surface area contributed by atoms with Crippen LogP contribution in [0, 0.1) is 13.8 Å². The third kappa shape index (κ3) is 4.33. The Hall–Kier alpha value is -0.840. The molecule has 0 atom stereocenters. The summed E-state index contributed by atoms with van der Waals surface area (Å²) in [6.07, 6.45) is 0. The minimum Gasteiger partial charge on any atom is -0.313 e. The third-order valence-electron chi connectivity index (χ3n) is 2.86. The highest BCUT2D eigenvalue weighted by Gasteiger charge is 2.06. The predicted octanol–water partition coefficient (Wildman–Crippen LogP) is 4.72. The van der Waals surface area contributed by atoms with Crippen molar-refractivity contribution in [2.45, 2.75) is 37.2 Å². The van der Waals surface area contributed by atoms with Crippen molar-refractivity contribution in [2.24, 2.45) is 0 Å². The molecule has 20 heavy (non-hydrogen) atoms. The Morgan fingerprint density at radius 1 is 1.20 bits per heavy atom. The molecule has 1 aromatic heterocycles. The third-order valence-corrected chi connectivity index (χ3v) is 4.78. The van der Waals surface area contributed by atoms with Gasteiger partial charge in [-0.1, -0.05) is 24.8 Å². The summed E-state index contributed by atoms with van der Waals surface area (Å²) in [5.41, 5.74) is 3.60. The molecule has 0 unspecified atom stereocenters. The standard InChI is InChI=1S/C16H19BrN2S/c1-4-18-10-13-5-6-15(14(17)9-13)20-16-8-11(2)7-12(3)19-16/h5-9,18H,4,10H2,1-3H3. The number of hydrogen-bond acceptors (Lipinski definition) is 3. The quantitative estimate of drug-likeness (QED) is 0.844. The second-order valence-corrected chi connectivity index (χ2v) is 6.69. The first-order valence-corrected chi connectivity index (χ1v) is 8.31. The molecule has 2 aromatic rings. The van der Waals surface area contributed by atoms with Gasteiger partial charge in [-0.25, -0.2) is 4.98 Å². The zero-order valence-electron chi connectivity index (χ0n) is 12.0. The van der Waals surface area contributed by atoms with Crippen molar-refractivity contribution in [1.82, 2.24) is 10.3 Å². The Kier molecular flexibility index (Phi) is 5.64.